The van der Waals surface area contributed by atoms with Crippen LogP contribution in [0.2, 0.25) is 0 Å². The number of benzene rings is 2. The SMILES string of the molecule is C.C.C#CCO.C#[N+]CS(=O)(=O)c1ccc(C)cc1.CCOC(=O)/C(Cl)=N/O.CCOC(=O)c1cc(C=O)on1.CCOC(=O)c1cc(CO)on1.O=C(Cc1cnn(Cc2cccc(F)c2)c1)c1cc(-c2cnco2)on1.O=C(O)c1cc(-c2cnco2)on1. The van der Waals surface area contributed by atoms with Crippen molar-refractivity contribution < 1.29 is 103 Å². The molecule has 0 saturated heterocycles. The van der Waals surface area contributed by atoms with Gasteiger partial charge in [0.1, 0.15) is 19.0 Å². The predicted molar refractivity (Wildman–Crippen MR) is 316 cm³/mol. The number of terminal acetylenes is 1. The van der Waals surface area contributed by atoms with E-state index >= 15 is 0 Å². The molecule has 0 unspecified atom stereocenters. The van der Waals surface area contributed by atoms with E-state index < -0.39 is 38.9 Å². The molecule has 7 aromatic heterocycles. The largest absolute Gasteiger partial charge is 0.476 e. The van der Waals surface area contributed by atoms with Crippen LogP contribution in [-0.4, -0.2) is 143 Å². The number of carboxylic acid groups (broad SMARTS) is 1. The van der Waals surface area contributed by atoms with E-state index in [2.05, 4.69) is 75.4 Å². The molecule has 0 bridgehead atoms. The predicted octanol–water partition coefficient (Wildman–Crippen LogP) is 8.32. The number of rotatable bonds is 18. The fraction of sp³-hybridized carbons (Fsp3) is 0.246. The summed E-state index contributed by atoms with van der Waals surface area (Å²) >= 11 is 5.02. The first kappa shape index (κ1) is 77.8. The molecule has 2 aromatic carbocycles. The third-order valence-corrected chi connectivity index (χ3v) is 11.4. The Morgan fingerprint density at radius 2 is 1.31 bits per heavy atom. The number of oxazole rings is 2. The fourth-order valence-electron chi connectivity index (χ4n) is 5.86. The minimum absolute atomic E-state index is 0. The van der Waals surface area contributed by atoms with Crippen LogP contribution in [0.4, 0.5) is 4.39 Å². The molecule has 4 N–H and O–H groups in total. The molecule has 34 heteroatoms. The highest BCUT2D eigenvalue weighted by atomic mass is 35.5. The highest BCUT2D eigenvalue weighted by molar-refractivity contribution is 7.91. The summed E-state index contributed by atoms with van der Waals surface area (Å²) < 4.78 is 80.0. The first-order valence-corrected chi connectivity index (χ1v) is 27.0. The Morgan fingerprint density at radius 1 is 0.758 bits per heavy atom. The number of Topliss-reactive ketones (excluding diaryl/α,β-unsaturated/α-hetero) is 1. The van der Waals surface area contributed by atoms with Crippen molar-refractivity contribution in [1.29, 1.82) is 0 Å². The second-order valence-electron chi connectivity index (χ2n) is 16.2. The number of sulfone groups is 1. The number of aliphatic hydroxyl groups is 2. The second-order valence-corrected chi connectivity index (χ2v) is 18.5. The maximum Gasteiger partial charge on any atom is 0.372 e. The maximum atomic E-state index is 13.2. The van der Waals surface area contributed by atoms with Crippen molar-refractivity contribution in [3.8, 4) is 42.0 Å². The van der Waals surface area contributed by atoms with Crippen molar-refractivity contribution in [3.05, 3.63) is 172 Å². The third kappa shape index (κ3) is 27.5. The minimum Gasteiger partial charge on any atom is -0.476 e. The van der Waals surface area contributed by atoms with E-state index in [-0.39, 0.29) is 110 Å². The van der Waals surface area contributed by atoms with E-state index in [0.717, 1.165) is 16.7 Å². The number of carbonyl (C=O) groups is 6. The zero-order chi connectivity index (χ0) is 65.7. The molecule has 0 saturated carbocycles. The molecule has 0 aliphatic carbocycles. The average Bonchev–Trinajstić information content (AvgIpc) is 3.26. The summed E-state index contributed by atoms with van der Waals surface area (Å²) in [7, 11) is -3.32. The maximum absolute atomic E-state index is 13.2. The number of esters is 3. The Hall–Kier alpha value is -11.3. The monoisotopic (exact) mass is 1310 g/mol. The third-order valence-electron chi connectivity index (χ3n) is 9.74. The number of aromatic carboxylic acids is 1. The van der Waals surface area contributed by atoms with E-state index in [0.29, 0.717) is 36.7 Å². The van der Waals surface area contributed by atoms with Gasteiger partial charge in [-0.2, -0.15) is 5.10 Å². The number of carbonyl (C=O) groups excluding carboxylic acids is 5. The molecule has 0 amide bonds. The number of aldehydes is 1. The van der Waals surface area contributed by atoms with Crippen LogP contribution in [0.15, 0.2) is 147 Å². The Balaban J connectivity index is 0.000000559. The van der Waals surface area contributed by atoms with E-state index in [9.17, 15) is 41.6 Å². The summed E-state index contributed by atoms with van der Waals surface area (Å²) in [6.45, 7) is 12.5. The van der Waals surface area contributed by atoms with Crippen LogP contribution >= 0.6 is 11.6 Å². The smallest absolute Gasteiger partial charge is 0.372 e. The van der Waals surface area contributed by atoms with Gasteiger partial charge in [0.05, 0.1) is 49.9 Å². The summed E-state index contributed by atoms with van der Waals surface area (Å²) in [4.78, 5) is 75.9. The highest BCUT2D eigenvalue weighted by Crippen LogP contribution is 2.21. The Labute approximate surface area is 522 Å². The minimum atomic E-state index is -3.32. The van der Waals surface area contributed by atoms with E-state index in [1.54, 1.807) is 68.2 Å². The Kier molecular flexibility index (Phi) is 35.7. The van der Waals surface area contributed by atoms with Crippen LogP contribution in [0.1, 0.15) is 111 Å². The zero-order valence-electron chi connectivity index (χ0n) is 47.1. The topological polar surface area (TPSA) is 436 Å². The summed E-state index contributed by atoms with van der Waals surface area (Å²) in [5.74, 6) is -0.371. The van der Waals surface area contributed by atoms with Gasteiger partial charge in [-0.3, -0.25) is 14.3 Å². The molecule has 0 atom stereocenters. The standard InChI is InChI=1S/C18H13FN4O3.C9H10NO2S.C7H4N2O4.C7H9NO4.C7H7NO4.C4H6ClNO3.C3H4O.2CH4/c19-14-3-1-2-12(4-14)9-23-10-13(7-21-23)5-16(24)15-6-17(26-22-15)18-8-20-11-25-18;1-8-3-5-9(6-4-8)13(11,12)7-10-2;10-7(11)4-1-5(13-9-4)6-2-8-3-12-6;2*1-2-11-7(10)6-3-5(4-9)12-8-6;1-2-9-4(7)3(5)6-8;1-2-3-4;;/h1-4,6-8,10-11H,5,9H2;2-6H,7H2,1H3;1-3H,(H,10,11);3,9H,2,4H2,1H3;3-4H,2H2,1H3;8H,2H2,1H3;1,4H,3H2;2*1H4/q;+1;;;;;;;/b;;;;;6-3-;;;. The molecule has 31 nitrogen and oxygen atoms in total. The number of hydrogen-bond donors (Lipinski definition) is 4. The number of nitrogens with zero attached hydrogens (tertiary/aromatic N) is 10. The first-order chi connectivity index (χ1) is 42.7. The van der Waals surface area contributed by atoms with Crippen LogP contribution in [0.5, 0.6) is 0 Å². The van der Waals surface area contributed by atoms with Gasteiger partial charge in [-0.05, 0) is 63.1 Å². The fourth-order valence-corrected chi connectivity index (χ4v) is 6.81. The molecular weight excluding hydrogens is 1250 g/mol. The molecule has 0 radical (unpaired) electrons. The van der Waals surface area contributed by atoms with Crippen LogP contribution in [0.3, 0.4) is 0 Å². The lowest BCUT2D eigenvalue weighted by atomic mass is 10.1. The van der Waals surface area contributed by atoms with Gasteiger partial charge in [-0.25, -0.2) is 42.0 Å². The average molecular weight is 1310 g/mol. The van der Waals surface area contributed by atoms with E-state index in [1.165, 1.54) is 61.6 Å². The van der Waals surface area contributed by atoms with Gasteiger partial charge in [0, 0.05) is 36.9 Å². The van der Waals surface area contributed by atoms with Gasteiger partial charge >= 0.3 is 29.8 Å². The number of aliphatic hydroxyl groups excluding tert-OH is 2. The van der Waals surface area contributed by atoms with Gasteiger partial charge in [0.25, 0.3) is 21.6 Å². The molecule has 484 valence electrons. The summed E-state index contributed by atoms with van der Waals surface area (Å²) in [6.07, 6.45) is 13.9. The molecule has 0 aliphatic rings. The molecule has 91 heavy (non-hydrogen) atoms. The lowest BCUT2D eigenvalue weighted by Crippen LogP contribution is -2.11. The number of halogens is 2. The lowest BCUT2D eigenvalue weighted by Gasteiger charge is -2.01. The van der Waals surface area contributed by atoms with Crippen molar-refractivity contribution in [2.24, 2.45) is 5.16 Å². The van der Waals surface area contributed by atoms with Gasteiger partial charge in [-0.1, -0.05) is 92.8 Å². The molecule has 0 aliphatic heterocycles. The van der Waals surface area contributed by atoms with Crippen LogP contribution in [-0.2, 0) is 48.4 Å². The number of ketones is 1. The Morgan fingerprint density at radius 3 is 1.77 bits per heavy atom. The Bertz CT molecular complexity index is 3880. The van der Waals surface area contributed by atoms with E-state index in [4.69, 9.17) is 56.6 Å². The van der Waals surface area contributed by atoms with Gasteiger partial charge in [-0.15, -0.1) is 6.42 Å². The molecule has 9 aromatic rings. The molecule has 0 spiro atoms. The number of hydrogen-bond acceptors (Lipinski definition) is 28. The number of aryl methyl sites for hydroxylation is 1. The number of oxime groups is 1. The van der Waals surface area contributed by atoms with Crippen LogP contribution < -0.4 is 0 Å². The second kappa shape index (κ2) is 41.8. The quantitative estimate of drug-likeness (QED) is 0.00916. The van der Waals surface area contributed by atoms with Crippen molar-refractivity contribution >= 4 is 62.6 Å². The zero-order valence-corrected chi connectivity index (χ0v) is 48.7. The van der Waals surface area contributed by atoms with Crippen molar-refractivity contribution in [2.75, 3.05) is 32.3 Å². The summed E-state index contributed by atoms with van der Waals surface area (Å²) in [5, 5.41) is 52.5. The van der Waals surface area contributed by atoms with E-state index in [1.807, 2.05) is 18.9 Å². The summed E-state index contributed by atoms with van der Waals surface area (Å²) in [5.41, 5.74) is 2.68. The molecule has 0 fully saturated rings. The van der Waals surface area contributed by atoms with Crippen molar-refractivity contribution in [1.82, 2.24) is 40.4 Å². The molecule has 9 rings (SSSR count). The molecular formula is C57H61ClFN10O21S+. The highest BCUT2D eigenvalue weighted by Gasteiger charge is 2.20. The number of ether oxygens (including phenoxy) is 3. The van der Waals surface area contributed by atoms with Crippen molar-refractivity contribution in [3.63, 3.8) is 0 Å². The number of carboxylic acids is 1. The van der Waals surface area contributed by atoms with Gasteiger partial charge in [0.2, 0.25) is 11.5 Å². The van der Waals surface area contributed by atoms with Gasteiger partial charge < -0.3 is 61.7 Å². The van der Waals surface area contributed by atoms with Gasteiger partial charge in [0.15, 0.2) is 70.7 Å². The summed E-state index contributed by atoms with van der Waals surface area (Å²) in [6, 6.07) is 18.2. The van der Waals surface area contributed by atoms with Crippen LogP contribution in [0, 0.1) is 31.7 Å². The lowest BCUT2D eigenvalue weighted by molar-refractivity contribution is -0.134. The molecule has 7 heterocycles. The first-order valence-electron chi connectivity index (χ1n) is 25.0. The van der Waals surface area contributed by atoms with Crippen molar-refractivity contribution in [2.45, 2.75) is 67.0 Å². The van der Waals surface area contributed by atoms with Crippen LogP contribution in [0.25, 0.3) is 27.9 Å². The normalized spacial score (nSPS) is 9.98. The number of aromatic nitrogens is 8.